The standard InChI is InChI=1S/C20H20N2O2/c1-3-17-18(14-19(23)24-2)21-22(16-12-8-5-9-13-16)20(17)15-10-6-4-7-11-15/h4-13H,3,14H2,1-2H3. The number of rotatable bonds is 5. The molecule has 0 radical (unpaired) electrons. The van der Waals surface area contributed by atoms with Gasteiger partial charge in [0, 0.05) is 11.1 Å². The smallest absolute Gasteiger partial charge is 0.311 e. The molecule has 0 bridgehead atoms. The van der Waals surface area contributed by atoms with E-state index < -0.39 is 0 Å². The molecule has 0 N–H and O–H groups in total. The first-order valence-electron chi connectivity index (χ1n) is 8.03. The van der Waals surface area contributed by atoms with Gasteiger partial charge in [0.25, 0.3) is 0 Å². The molecule has 0 fully saturated rings. The Morgan fingerprint density at radius 2 is 1.67 bits per heavy atom. The van der Waals surface area contributed by atoms with Crippen LogP contribution in [0.1, 0.15) is 18.2 Å². The lowest BCUT2D eigenvalue weighted by atomic mass is 10.0. The molecular weight excluding hydrogens is 300 g/mol. The third-order valence-electron chi connectivity index (χ3n) is 4.01. The summed E-state index contributed by atoms with van der Waals surface area (Å²) < 4.78 is 6.75. The highest BCUT2D eigenvalue weighted by Crippen LogP contribution is 2.30. The van der Waals surface area contributed by atoms with Crippen molar-refractivity contribution in [3.05, 3.63) is 71.9 Å². The molecule has 1 aromatic heterocycles. The maximum atomic E-state index is 11.8. The molecule has 0 saturated heterocycles. The van der Waals surface area contributed by atoms with Crippen molar-refractivity contribution in [2.24, 2.45) is 0 Å². The summed E-state index contributed by atoms with van der Waals surface area (Å²) in [4.78, 5) is 11.8. The van der Waals surface area contributed by atoms with Gasteiger partial charge in [-0.15, -0.1) is 0 Å². The highest BCUT2D eigenvalue weighted by Gasteiger charge is 2.20. The van der Waals surface area contributed by atoms with Crippen molar-refractivity contribution in [1.29, 1.82) is 0 Å². The predicted molar refractivity (Wildman–Crippen MR) is 94.1 cm³/mol. The van der Waals surface area contributed by atoms with Gasteiger partial charge in [0.1, 0.15) is 0 Å². The van der Waals surface area contributed by atoms with Gasteiger partial charge in [-0.1, -0.05) is 55.5 Å². The van der Waals surface area contributed by atoms with E-state index in [0.717, 1.165) is 34.6 Å². The number of carbonyl (C=O) groups excluding carboxylic acids is 1. The van der Waals surface area contributed by atoms with Crippen molar-refractivity contribution in [1.82, 2.24) is 9.78 Å². The molecule has 0 aliphatic heterocycles. The number of ether oxygens (including phenoxy) is 1. The Labute approximate surface area is 141 Å². The molecule has 0 aliphatic carbocycles. The fraction of sp³-hybridized carbons (Fsp3) is 0.200. The molecule has 3 rings (SSSR count). The summed E-state index contributed by atoms with van der Waals surface area (Å²) in [5.74, 6) is -0.276. The molecule has 122 valence electrons. The molecule has 0 unspecified atom stereocenters. The largest absolute Gasteiger partial charge is 0.469 e. The van der Waals surface area contributed by atoms with Crippen LogP contribution < -0.4 is 0 Å². The predicted octanol–water partition coefficient (Wildman–Crippen LogP) is 3.82. The number of hydrogen-bond donors (Lipinski definition) is 0. The van der Waals surface area contributed by atoms with E-state index in [1.807, 2.05) is 53.2 Å². The lowest BCUT2D eigenvalue weighted by Crippen LogP contribution is -2.07. The van der Waals surface area contributed by atoms with Gasteiger partial charge in [-0.25, -0.2) is 4.68 Å². The summed E-state index contributed by atoms with van der Waals surface area (Å²) in [7, 11) is 1.40. The van der Waals surface area contributed by atoms with Crippen LogP contribution in [0.2, 0.25) is 0 Å². The number of carbonyl (C=O) groups is 1. The van der Waals surface area contributed by atoms with Crippen LogP contribution in [0.4, 0.5) is 0 Å². The molecule has 0 aliphatic rings. The molecule has 4 heteroatoms. The Bertz CT molecular complexity index is 824. The zero-order chi connectivity index (χ0) is 16.9. The van der Waals surface area contributed by atoms with Crippen molar-refractivity contribution in [3.63, 3.8) is 0 Å². The lowest BCUT2D eigenvalue weighted by molar-refractivity contribution is -0.139. The molecule has 1 heterocycles. The number of methoxy groups -OCH3 is 1. The first-order chi connectivity index (χ1) is 11.7. The molecule has 24 heavy (non-hydrogen) atoms. The van der Waals surface area contributed by atoms with E-state index in [1.165, 1.54) is 7.11 Å². The van der Waals surface area contributed by atoms with Crippen LogP contribution in [-0.4, -0.2) is 22.9 Å². The maximum absolute atomic E-state index is 11.8. The summed E-state index contributed by atoms with van der Waals surface area (Å²) in [6.07, 6.45) is 0.975. The maximum Gasteiger partial charge on any atom is 0.311 e. The zero-order valence-corrected chi connectivity index (χ0v) is 13.9. The zero-order valence-electron chi connectivity index (χ0n) is 13.9. The topological polar surface area (TPSA) is 44.1 Å². The normalized spacial score (nSPS) is 10.6. The summed E-state index contributed by atoms with van der Waals surface area (Å²) in [5.41, 5.74) is 4.94. The van der Waals surface area contributed by atoms with Crippen LogP contribution in [0, 0.1) is 0 Å². The Kier molecular flexibility index (Phi) is 4.75. The molecule has 0 atom stereocenters. The van der Waals surface area contributed by atoms with Crippen molar-refractivity contribution in [2.45, 2.75) is 19.8 Å². The SMILES string of the molecule is CCc1c(CC(=O)OC)nn(-c2ccccc2)c1-c1ccccc1. The van der Waals surface area contributed by atoms with Crippen LogP contribution in [0.3, 0.4) is 0 Å². The Morgan fingerprint density at radius 1 is 1.04 bits per heavy atom. The molecule has 3 aromatic rings. The number of hydrogen-bond acceptors (Lipinski definition) is 3. The second kappa shape index (κ2) is 7.13. The van der Waals surface area contributed by atoms with Gasteiger partial charge in [0.15, 0.2) is 0 Å². The van der Waals surface area contributed by atoms with Gasteiger partial charge in [-0.2, -0.15) is 5.10 Å². The van der Waals surface area contributed by atoms with Crippen molar-refractivity contribution < 1.29 is 9.53 Å². The number of nitrogens with zero attached hydrogens (tertiary/aromatic N) is 2. The summed E-state index contributed by atoms with van der Waals surface area (Å²) in [6, 6.07) is 20.1. The Hall–Kier alpha value is -2.88. The summed E-state index contributed by atoms with van der Waals surface area (Å²) in [5, 5.41) is 4.73. The minimum Gasteiger partial charge on any atom is -0.469 e. The van der Waals surface area contributed by atoms with Crippen molar-refractivity contribution in [3.8, 4) is 16.9 Å². The minimum absolute atomic E-state index is 0.180. The van der Waals surface area contributed by atoms with Gasteiger partial charge < -0.3 is 4.74 Å². The van der Waals surface area contributed by atoms with Crippen LogP contribution >= 0.6 is 0 Å². The fourth-order valence-electron chi connectivity index (χ4n) is 2.87. The molecule has 0 amide bonds. The van der Waals surface area contributed by atoms with Crippen molar-refractivity contribution >= 4 is 5.97 Å². The van der Waals surface area contributed by atoms with Gasteiger partial charge in [0.05, 0.1) is 30.6 Å². The van der Waals surface area contributed by atoms with Gasteiger partial charge in [-0.3, -0.25) is 4.79 Å². The fourth-order valence-corrected chi connectivity index (χ4v) is 2.87. The Morgan fingerprint density at radius 3 is 2.25 bits per heavy atom. The molecular formula is C20H20N2O2. The molecule has 0 spiro atoms. The average molecular weight is 320 g/mol. The van der Waals surface area contributed by atoms with Gasteiger partial charge in [0.2, 0.25) is 0 Å². The third-order valence-corrected chi connectivity index (χ3v) is 4.01. The van der Waals surface area contributed by atoms with E-state index in [9.17, 15) is 4.79 Å². The van der Waals surface area contributed by atoms with Crippen LogP contribution in [0.5, 0.6) is 0 Å². The van der Waals surface area contributed by atoms with E-state index in [1.54, 1.807) is 0 Å². The number of aromatic nitrogens is 2. The quantitative estimate of drug-likeness (QED) is 0.671. The van der Waals surface area contributed by atoms with E-state index in [4.69, 9.17) is 9.84 Å². The third kappa shape index (κ3) is 3.08. The Balaban J connectivity index is 2.21. The molecule has 2 aromatic carbocycles. The highest BCUT2D eigenvalue weighted by molar-refractivity contribution is 5.75. The van der Waals surface area contributed by atoms with Crippen LogP contribution in [-0.2, 0) is 22.4 Å². The second-order valence-corrected chi connectivity index (χ2v) is 5.49. The van der Waals surface area contributed by atoms with Gasteiger partial charge >= 0.3 is 5.97 Å². The minimum atomic E-state index is -0.276. The number of para-hydroxylation sites is 1. The van der Waals surface area contributed by atoms with Gasteiger partial charge in [-0.05, 0) is 18.6 Å². The molecule has 4 nitrogen and oxygen atoms in total. The average Bonchev–Trinajstić information content (AvgIpc) is 3.01. The van der Waals surface area contributed by atoms with E-state index in [2.05, 4.69) is 19.1 Å². The van der Waals surface area contributed by atoms with Crippen molar-refractivity contribution in [2.75, 3.05) is 7.11 Å². The number of esters is 1. The van der Waals surface area contributed by atoms with Crippen LogP contribution in [0.15, 0.2) is 60.7 Å². The van der Waals surface area contributed by atoms with E-state index in [0.29, 0.717) is 0 Å². The van der Waals surface area contributed by atoms with Crippen LogP contribution in [0.25, 0.3) is 16.9 Å². The summed E-state index contributed by atoms with van der Waals surface area (Å²) >= 11 is 0. The second-order valence-electron chi connectivity index (χ2n) is 5.49. The molecule has 0 saturated carbocycles. The van der Waals surface area contributed by atoms with E-state index >= 15 is 0 Å². The first kappa shape index (κ1) is 16.0. The van der Waals surface area contributed by atoms with E-state index in [-0.39, 0.29) is 12.4 Å². The summed E-state index contributed by atoms with van der Waals surface area (Å²) in [6.45, 7) is 2.08. The highest BCUT2D eigenvalue weighted by atomic mass is 16.5. The lowest BCUT2D eigenvalue weighted by Gasteiger charge is -2.09. The monoisotopic (exact) mass is 320 g/mol. The number of benzene rings is 2. The first-order valence-corrected chi connectivity index (χ1v) is 8.03.